The van der Waals surface area contributed by atoms with Crippen molar-refractivity contribution >= 4 is 49.8 Å². The van der Waals surface area contributed by atoms with Gasteiger partial charge in [0.05, 0.1) is 0 Å². The van der Waals surface area contributed by atoms with Crippen LogP contribution in [0, 0.1) is 0 Å². The fourth-order valence-corrected chi connectivity index (χ4v) is 14.4. The molecule has 28 heavy (non-hydrogen) atoms. The largest absolute Gasteiger partial charge is 0.717 e. The summed E-state index contributed by atoms with van der Waals surface area (Å²) < 4.78 is 26.6. The highest BCUT2D eigenvalue weighted by Crippen LogP contribution is 2.33. The van der Waals surface area contributed by atoms with Crippen molar-refractivity contribution in [3.63, 3.8) is 0 Å². The summed E-state index contributed by atoms with van der Waals surface area (Å²) in [5.41, 5.74) is 2.36. The summed E-state index contributed by atoms with van der Waals surface area (Å²) >= 11 is 0. The zero-order chi connectivity index (χ0) is 22.0. The molecule has 9 heteroatoms. The van der Waals surface area contributed by atoms with E-state index in [-0.39, 0.29) is 0 Å². The summed E-state index contributed by atoms with van der Waals surface area (Å²) in [6, 6.07) is 8.19. The van der Waals surface area contributed by atoms with Gasteiger partial charge in [-0.15, -0.1) is 0 Å². The van der Waals surface area contributed by atoms with E-state index in [1.54, 1.807) is 0 Å². The normalized spacial score (nSPS) is 14.8. The van der Waals surface area contributed by atoms with Gasteiger partial charge in [0.2, 0.25) is 0 Å². The summed E-state index contributed by atoms with van der Waals surface area (Å²) in [5.74, 6) is 0.802. The first-order valence-corrected chi connectivity index (χ1v) is 22.8. The van der Waals surface area contributed by atoms with Crippen LogP contribution in [0.1, 0.15) is 19.4 Å². The van der Waals surface area contributed by atoms with Crippen LogP contribution in [-0.4, -0.2) is 44.2 Å². The molecule has 0 fully saturated rings. The number of benzene rings is 1. The smallest absolute Gasteiger partial charge is 0.481 e. The number of hydrogen-bond donors (Lipinski definition) is 0. The first-order valence-electron chi connectivity index (χ1n) is 9.96. The Balaban J connectivity index is 3.57. The molecular formula is C19H40O4Si5. The van der Waals surface area contributed by atoms with Gasteiger partial charge < -0.3 is 16.8 Å². The lowest BCUT2D eigenvalue weighted by molar-refractivity contribution is 0.152. The van der Waals surface area contributed by atoms with Gasteiger partial charge in [0.25, 0.3) is 0 Å². The van der Waals surface area contributed by atoms with Crippen molar-refractivity contribution in [1.82, 2.24) is 0 Å². The fraction of sp³-hybridized carbons (Fsp3) is 0.579. The molecule has 0 N–H and O–H groups in total. The average molecular weight is 473 g/mol. The van der Waals surface area contributed by atoms with Crippen molar-refractivity contribution in [1.29, 1.82) is 0 Å². The van der Waals surface area contributed by atoms with E-state index in [0.29, 0.717) is 0 Å². The topological polar surface area (TPSA) is 36.9 Å². The predicted molar refractivity (Wildman–Crippen MR) is 134 cm³/mol. The van der Waals surface area contributed by atoms with E-state index in [9.17, 15) is 0 Å². The monoisotopic (exact) mass is 472 g/mol. The van der Waals surface area contributed by atoms with Crippen LogP contribution in [0.3, 0.4) is 0 Å². The van der Waals surface area contributed by atoms with Crippen LogP contribution < -0.4 is 4.43 Å². The van der Waals surface area contributed by atoms with Crippen molar-refractivity contribution in [2.24, 2.45) is 0 Å². The van der Waals surface area contributed by atoms with Gasteiger partial charge in [0.1, 0.15) is 5.75 Å². The molecule has 0 bridgehead atoms. The average Bonchev–Trinajstić information content (AvgIpc) is 2.40. The van der Waals surface area contributed by atoms with Crippen molar-refractivity contribution < 1.29 is 16.8 Å². The lowest BCUT2D eigenvalue weighted by Crippen LogP contribution is -2.64. The number of allylic oxidation sites excluding steroid dienone is 2. The fourth-order valence-electron chi connectivity index (χ4n) is 2.52. The standard InChI is InChI=1S/C19H40O4Si5/c1-16(17(2)24)18-14-12-13-15-19(18)20-28(21-25(3,4)5,22-26(6,7)8)23-27(9,10)11/h12-15H,1-11,24H3. The molecule has 0 unspecified atom stereocenters. The summed E-state index contributed by atoms with van der Waals surface area (Å²) in [7, 11) is -8.32. The van der Waals surface area contributed by atoms with Crippen LogP contribution in [0.4, 0.5) is 0 Å². The molecule has 0 saturated carbocycles. The summed E-state index contributed by atoms with van der Waals surface area (Å²) in [4.78, 5) is 0. The van der Waals surface area contributed by atoms with Crippen LogP contribution in [0.15, 0.2) is 29.5 Å². The molecule has 0 amide bonds. The Hall–Kier alpha value is -0.276. The molecule has 0 radical (unpaired) electrons. The van der Waals surface area contributed by atoms with Crippen LogP contribution >= 0.6 is 0 Å². The highest BCUT2D eigenvalue weighted by Gasteiger charge is 2.56. The molecule has 0 atom stereocenters. The van der Waals surface area contributed by atoms with E-state index in [2.05, 4.69) is 84.9 Å². The summed E-state index contributed by atoms with van der Waals surface area (Å²) in [6.45, 7) is 23.8. The molecule has 0 aliphatic carbocycles. The van der Waals surface area contributed by atoms with Gasteiger partial charge in [0.15, 0.2) is 25.0 Å². The van der Waals surface area contributed by atoms with Crippen LogP contribution in [0.5, 0.6) is 5.75 Å². The first kappa shape index (κ1) is 25.8. The maximum absolute atomic E-state index is 6.69. The van der Waals surface area contributed by atoms with Crippen LogP contribution in [0.2, 0.25) is 58.9 Å². The highest BCUT2D eigenvalue weighted by atomic mass is 28.5. The van der Waals surface area contributed by atoms with Crippen molar-refractivity contribution in [2.45, 2.75) is 72.8 Å². The highest BCUT2D eigenvalue weighted by molar-refractivity contribution is 6.88. The Morgan fingerprint density at radius 1 is 0.714 bits per heavy atom. The number of hydrogen-bond acceptors (Lipinski definition) is 4. The molecule has 0 spiro atoms. The minimum Gasteiger partial charge on any atom is -0.481 e. The number of rotatable bonds is 9. The molecule has 0 heterocycles. The van der Waals surface area contributed by atoms with Gasteiger partial charge >= 0.3 is 9.05 Å². The van der Waals surface area contributed by atoms with E-state index in [1.807, 2.05) is 12.1 Å². The molecular weight excluding hydrogens is 433 g/mol. The van der Waals surface area contributed by atoms with E-state index in [1.165, 1.54) is 10.8 Å². The third-order valence-corrected chi connectivity index (χ3v) is 15.1. The molecule has 0 aromatic heterocycles. The second-order valence-corrected chi connectivity index (χ2v) is 28.2. The second kappa shape index (κ2) is 9.25. The molecule has 1 rings (SSSR count). The Labute approximate surface area is 179 Å². The Morgan fingerprint density at radius 2 is 1.11 bits per heavy atom. The molecule has 0 aliphatic heterocycles. The minimum absolute atomic E-state index is 0.802. The van der Waals surface area contributed by atoms with Crippen molar-refractivity contribution in [3.05, 3.63) is 35.0 Å². The summed E-state index contributed by atoms with van der Waals surface area (Å²) in [6.07, 6.45) is 0. The summed E-state index contributed by atoms with van der Waals surface area (Å²) in [5, 5.41) is 1.40. The number of para-hydroxylation sites is 1. The van der Waals surface area contributed by atoms with Gasteiger partial charge in [-0.2, -0.15) is 0 Å². The Bertz CT molecular complexity index is 655. The molecule has 0 aliphatic rings. The molecule has 1 aromatic rings. The molecule has 4 nitrogen and oxygen atoms in total. The van der Waals surface area contributed by atoms with Crippen LogP contribution in [-0.2, 0) is 12.3 Å². The molecule has 1 aromatic carbocycles. The zero-order valence-corrected chi connectivity index (χ0v) is 25.9. The minimum atomic E-state index is -3.38. The second-order valence-electron chi connectivity index (χ2n) is 10.4. The van der Waals surface area contributed by atoms with Gasteiger partial charge in [0, 0.05) is 15.8 Å². The third-order valence-electron chi connectivity index (χ3n) is 3.57. The van der Waals surface area contributed by atoms with Gasteiger partial charge in [-0.05, 0) is 84.4 Å². The quantitative estimate of drug-likeness (QED) is 0.464. The molecule has 0 saturated heterocycles. The van der Waals surface area contributed by atoms with Gasteiger partial charge in [-0.1, -0.05) is 23.4 Å². The lowest BCUT2D eigenvalue weighted by atomic mass is 10.1. The van der Waals surface area contributed by atoms with E-state index in [4.69, 9.17) is 16.8 Å². The van der Waals surface area contributed by atoms with E-state index in [0.717, 1.165) is 21.6 Å². The lowest BCUT2D eigenvalue weighted by Gasteiger charge is -2.40. The third kappa shape index (κ3) is 9.03. The predicted octanol–water partition coefficient (Wildman–Crippen LogP) is 5.17. The van der Waals surface area contributed by atoms with E-state index >= 15 is 0 Å². The Morgan fingerprint density at radius 3 is 1.46 bits per heavy atom. The Kier molecular flexibility index (Phi) is 8.51. The van der Waals surface area contributed by atoms with Crippen LogP contribution in [0.25, 0.3) is 5.57 Å². The maximum Gasteiger partial charge on any atom is 0.717 e. The first-order chi connectivity index (χ1) is 12.4. The van der Waals surface area contributed by atoms with E-state index < -0.39 is 34.0 Å². The SMILES string of the molecule is CC([SiH3])=C(C)c1ccccc1O[Si](O[Si](C)(C)C)(O[Si](C)(C)C)O[Si](C)(C)C. The zero-order valence-electron chi connectivity index (χ0n) is 19.9. The van der Waals surface area contributed by atoms with Crippen molar-refractivity contribution in [2.75, 3.05) is 0 Å². The van der Waals surface area contributed by atoms with Gasteiger partial charge in [-0.25, -0.2) is 0 Å². The van der Waals surface area contributed by atoms with Gasteiger partial charge in [-0.3, -0.25) is 0 Å². The van der Waals surface area contributed by atoms with Crippen molar-refractivity contribution in [3.8, 4) is 5.75 Å². The maximum atomic E-state index is 6.69. The molecule has 160 valence electrons.